The minimum Gasteiger partial charge on any atom is -0.362 e. The van der Waals surface area contributed by atoms with Crippen LogP contribution in [0.3, 0.4) is 0 Å². The van der Waals surface area contributed by atoms with Crippen molar-refractivity contribution in [2.45, 2.75) is 12.2 Å². The Bertz CT molecular complexity index is 576. The molecular weight excluding hydrogens is 317 g/mol. The normalized spacial score (nSPS) is 10.2. The third kappa shape index (κ3) is 6.41. The van der Waals surface area contributed by atoms with Gasteiger partial charge in [0.25, 0.3) is 0 Å². The molecule has 1 aromatic heterocycles. The molecule has 0 unspecified atom stereocenters. The van der Waals surface area contributed by atoms with Gasteiger partial charge in [-0.15, -0.1) is 0 Å². The minimum absolute atomic E-state index is 0.187. The summed E-state index contributed by atoms with van der Waals surface area (Å²) in [6, 6.07) is 10.4. The summed E-state index contributed by atoms with van der Waals surface area (Å²) in [6.07, 6.45) is 4.46. The van der Waals surface area contributed by atoms with Gasteiger partial charge in [-0.25, -0.2) is 4.39 Å². The third-order valence-corrected chi connectivity index (χ3v) is 4.23. The number of anilines is 1. The third-order valence-electron chi connectivity index (χ3n) is 2.87. The van der Waals surface area contributed by atoms with E-state index in [4.69, 9.17) is 12.2 Å². The molecule has 0 atom stereocenters. The number of rotatable bonds is 7. The van der Waals surface area contributed by atoms with Gasteiger partial charge in [-0.2, -0.15) is 11.8 Å². The molecule has 0 aliphatic rings. The van der Waals surface area contributed by atoms with Crippen LogP contribution in [0, 0.1) is 5.82 Å². The minimum atomic E-state index is -0.187. The maximum absolute atomic E-state index is 12.8. The lowest BCUT2D eigenvalue weighted by Gasteiger charge is -2.10. The van der Waals surface area contributed by atoms with Crippen molar-refractivity contribution in [2.24, 2.45) is 0 Å². The molecule has 0 bridgehead atoms. The Labute approximate surface area is 139 Å². The second-order valence-corrected chi connectivity index (χ2v) is 6.16. The molecule has 22 heavy (non-hydrogen) atoms. The van der Waals surface area contributed by atoms with Gasteiger partial charge in [0.2, 0.25) is 0 Å². The van der Waals surface area contributed by atoms with Crippen molar-refractivity contribution in [2.75, 3.05) is 17.6 Å². The zero-order chi connectivity index (χ0) is 15.6. The lowest BCUT2D eigenvalue weighted by atomic mass is 10.2. The molecule has 0 amide bonds. The van der Waals surface area contributed by atoms with Gasteiger partial charge in [0, 0.05) is 30.4 Å². The van der Waals surface area contributed by atoms with Gasteiger partial charge in [-0.05, 0) is 54.2 Å². The van der Waals surface area contributed by atoms with Crippen molar-refractivity contribution in [3.05, 3.63) is 60.2 Å². The standard InChI is InChI=1S/C16H18FN3S2/c17-14-4-2-13(3-5-14)12-22-11-1-8-19-16(21)20-15-6-9-18-10-7-15/h2-7,9-10H,1,8,11-12H2,(H2,18,19,20,21). The summed E-state index contributed by atoms with van der Waals surface area (Å²) in [5, 5.41) is 6.90. The van der Waals surface area contributed by atoms with Gasteiger partial charge in [0.05, 0.1) is 0 Å². The van der Waals surface area contributed by atoms with E-state index < -0.39 is 0 Å². The lowest BCUT2D eigenvalue weighted by Crippen LogP contribution is -2.29. The van der Waals surface area contributed by atoms with Gasteiger partial charge >= 0.3 is 0 Å². The van der Waals surface area contributed by atoms with Crippen molar-refractivity contribution in [3.8, 4) is 0 Å². The van der Waals surface area contributed by atoms with Gasteiger partial charge in [0.15, 0.2) is 5.11 Å². The molecule has 2 aromatic rings. The number of benzene rings is 1. The fourth-order valence-electron chi connectivity index (χ4n) is 1.76. The summed E-state index contributed by atoms with van der Waals surface area (Å²) >= 11 is 7.05. The van der Waals surface area contributed by atoms with E-state index >= 15 is 0 Å². The van der Waals surface area contributed by atoms with Gasteiger partial charge in [0.1, 0.15) is 5.82 Å². The Morgan fingerprint density at radius 1 is 1.14 bits per heavy atom. The average Bonchev–Trinajstić information content (AvgIpc) is 2.53. The molecule has 0 aliphatic heterocycles. The van der Waals surface area contributed by atoms with Gasteiger partial charge < -0.3 is 10.6 Å². The molecule has 0 aliphatic carbocycles. The molecular formula is C16H18FN3S2. The fraction of sp³-hybridized carbons (Fsp3) is 0.250. The van der Waals surface area contributed by atoms with Crippen LogP contribution in [0.5, 0.6) is 0 Å². The summed E-state index contributed by atoms with van der Waals surface area (Å²) in [4.78, 5) is 3.95. The van der Waals surface area contributed by atoms with Crippen molar-refractivity contribution in [1.82, 2.24) is 10.3 Å². The van der Waals surface area contributed by atoms with Crippen LogP contribution in [-0.4, -0.2) is 22.4 Å². The molecule has 116 valence electrons. The van der Waals surface area contributed by atoms with Crippen LogP contribution in [0.1, 0.15) is 12.0 Å². The monoisotopic (exact) mass is 335 g/mol. The number of nitrogens with zero attached hydrogens (tertiary/aromatic N) is 1. The smallest absolute Gasteiger partial charge is 0.170 e. The fourth-order valence-corrected chi connectivity index (χ4v) is 2.90. The predicted molar refractivity (Wildman–Crippen MR) is 95.6 cm³/mol. The van der Waals surface area contributed by atoms with Crippen LogP contribution in [0.4, 0.5) is 10.1 Å². The molecule has 3 nitrogen and oxygen atoms in total. The van der Waals surface area contributed by atoms with Crippen LogP contribution in [-0.2, 0) is 5.75 Å². The lowest BCUT2D eigenvalue weighted by molar-refractivity contribution is 0.627. The van der Waals surface area contributed by atoms with E-state index in [1.807, 2.05) is 36.0 Å². The van der Waals surface area contributed by atoms with Crippen LogP contribution < -0.4 is 10.6 Å². The molecule has 0 radical (unpaired) electrons. The van der Waals surface area contributed by atoms with Crippen molar-refractivity contribution in [3.63, 3.8) is 0 Å². The van der Waals surface area contributed by atoms with Crippen LogP contribution in [0.25, 0.3) is 0 Å². The number of aromatic nitrogens is 1. The zero-order valence-electron chi connectivity index (χ0n) is 12.1. The maximum atomic E-state index is 12.8. The summed E-state index contributed by atoms with van der Waals surface area (Å²) in [5.74, 6) is 1.75. The Morgan fingerprint density at radius 2 is 1.86 bits per heavy atom. The average molecular weight is 335 g/mol. The molecule has 6 heteroatoms. The first-order valence-corrected chi connectivity index (χ1v) is 8.57. The summed E-state index contributed by atoms with van der Waals surface area (Å²) < 4.78 is 12.8. The molecule has 0 spiro atoms. The number of thiocarbonyl (C=S) groups is 1. The topological polar surface area (TPSA) is 37.0 Å². The SMILES string of the molecule is Fc1ccc(CSCCCNC(=S)Nc2ccncc2)cc1. The highest BCUT2D eigenvalue weighted by Crippen LogP contribution is 2.13. The van der Waals surface area contributed by atoms with E-state index in [1.165, 1.54) is 12.1 Å². The Kier molecular flexibility index (Phi) is 7.12. The largest absolute Gasteiger partial charge is 0.362 e. The van der Waals surface area contributed by atoms with Crippen molar-refractivity contribution in [1.29, 1.82) is 0 Å². The maximum Gasteiger partial charge on any atom is 0.170 e. The van der Waals surface area contributed by atoms with E-state index in [0.29, 0.717) is 5.11 Å². The second-order valence-electron chi connectivity index (χ2n) is 4.65. The Hall–Kier alpha value is -1.66. The zero-order valence-corrected chi connectivity index (χ0v) is 13.7. The first-order valence-electron chi connectivity index (χ1n) is 7.01. The highest BCUT2D eigenvalue weighted by atomic mass is 32.2. The first kappa shape index (κ1) is 16.7. The van der Waals surface area contributed by atoms with E-state index in [-0.39, 0.29) is 5.82 Å². The van der Waals surface area contributed by atoms with Crippen molar-refractivity contribution < 1.29 is 4.39 Å². The Balaban J connectivity index is 1.54. The molecule has 1 heterocycles. The highest BCUT2D eigenvalue weighted by Gasteiger charge is 1.98. The highest BCUT2D eigenvalue weighted by molar-refractivity contribution is 7.98. The molecule has 0 fully saturated rings. The van der Waals surface area contributed by atoms with E-state index in [0.717, 1.165) is 35.7 Å². The van der Waals surface area contributed by atoms with Crippen molar-refractivity contribution >= 4 is 34.8 Å². The molecule has 2 rings (SSSR count). The number of thioether (sulfide) groups is 1. The Morgan fingerprint density at radius 3 is 2.59 bits per heavy atom. The summed E-state index contributed by atoms with van der Waals surface area (Å²) in [6.45, 7) is 0.827. The van der Waals surface area contributed by atoms with E-state index in [2.05, 4.69) is 15.6 Å². The summed E-state index contributed by atoms with van der Waals surface area (Å²) in [7, 11) is 0. The van der Waals surface area contributed by atoms with Gasteiger partial charge in [-0.3, -0.25) is 4.98 Å². The molecule has 0 saturated carbocycles. The molecule has 2 N–H and O–H groups in total. The number of nitrogens with one attached hydrogen (secondary N) is 2. The second kappa shape index (κ2) is 9.38. The van der Waals surface area contributed by atoms with Crippen LogP contribution >= 0.6 is 24.0 Å². The molecule has 1 aromatic carbocycles. The predicted octanol–water partition coefficient (Wildman–Crippen LogP) is 3.83. The van der Waals surface area contributed by atoms with Crippen LogP contribution in [0.15, 0.2) is 48.8 Å². The number of hydrogen-bond donors (Lipinski definition) is 2. The number of hydrogen-bond acceptors (Lipinski definition) is 3. The van der Waals surface area contributed by atoms with E-state index in [1.54, 1.807) is 12.4 Å². The first-order chi connectivity index (χ1) is 10.7. The number of halogens is 1. The summed E-state index contributed by atoms with van der Waals surface area (Å²) in [5.41, 5.74) is 2.08. The van der Waals surface area contributed by atoms with Gasteiger partial charge in [-0.1, -0.05) is 12.1 Å². The number of pyridine rings is 1. The quantitative estimate of drug-likeness (QED) is 0.594. The van der Waals surface area contributed by atoms with Crippen LogP contribution in [0.2, 0.25) is 0 Å². The van der Waals surface area contributed by atoms with E-state index in [9.17, 15) is 4.39 Å². The molecule has 0 saturated heterocycles.